The molecule has 138 valence electrons. The summed E-state index contributed by atoms with van der Waals surface area (Å²) in [5.41, 5.74) is 1.01. The van der Waals surface area contributed by atoms with Crippen LogP contribution in [0.2, 0.25) is 5.02 Å². The number of benzene rings is 2. The van der Waals surface area contributed by atoms with E-state index in [-0.39, 0.29) is 6.54 Å². The van der Waals surface area contributed by atoms with Crippen molar-refractivity contribution in [1.82, 2.24) is 5.32 Å². The minimum absolute atomic E-state index is 0.271. The Kier molecular flexibility index (Phi) is 6.86. The zero-order valence-electron chi connectivity index (χ0n) is 14.7. The highest BCUT2D eigenvalue weighted by atomic mass is 35.5. The molecule has 0 saturated carbocycles. The van der Waals surface area contributed by atoms with E-state index < -0.39 is 18.0 Å². The van der Waals surface area contributed by atoms with E-state index in [1.54, 1.807) is 43.3 Å². The van der Waals surface area contributed by atoms with Crippen LogP contribution < -0.4 is 14.8 Å². The van der Waals surface area contributed by atoms with Crippen LogP contribution in [-0.4, -0.2) is 32.6 Å². The first-order chi connectivity index (χ1) is 12.4. The van der Waals surface area contributed by atoms with Crippen LogP contribution in [0.5, 0.6) is 11.5 Å². The Morgan fingerprint density at radius 3 is 2.27 bits per heavy atom. The summed E-state index contributed by atoms with van der Waals surface area (Å²) in [5, 5.41) is 3.03. The van der Waals surface area contributed by atoms with Crippen molar-refractivity contribution in [1.29, 1.82) is 0 Å². The lowest BCUT2D eigenvalue weighted by Crippen LogP contribution is -2.31. The van der Waals surface area contributed by atoms with Crippen LogP contribution in [0.1, 0.15) is 28.9 Å². The van der Waals surface area contributed by atoms with Crippen molar-refractivity contribution in [3.8, 4) is 11.5 Å². The molecule has 2 rings (SSSR count). The molecule has 1 atom stereocenters. The Balaban J connectivity index is 1.95. The number of ether oxygens (including phenoxy) is 3. The van der Waals surface area contributed by atoms with Crippen LogP contribution in [0, 0.1) is 0 Å². The van der Waals surface area contributed by atoms with E-state index >= 15 is 0 Å². The van der Waals surface area contributed by atoms with Gasteiger partial charge in [0, 0.05) is 22.2 Å². The highest BCUT2D eigenvalue weighted by molar-refractivity contribution is 6.31. The molecule has 1 N–H and O–H groups in total. The van der Waals surface area contributed by atoms with Crippen molar-refractivity contribution < 1.29 is 23.8 Å². The highest BCUT2D eigenvalue weighted by Gasteiger charge is 2.16. The fraction of sp³-hybridized carbons (Fsp3) is 0.263. The molecule has 0 saturated heterocycles. The van der Waals surface area contributed by atoms with Gasteiger partial charge >= 0.3 is 5.97 Å². The lowest BCUT2D eigenvalue weighted by Gasteiger charge is -2.15. The molecule has 7 heteroatoms. The molecule has 0 aliphatic rings. The first-order valence-electron chi connectivity index (χ1n) is 7.89. The molecule has 26 heavy (non-hydrogen) atoms. The maximum absolute atomic E-state index is 12.2. The zero-order valence-corrected chi connectivity index (χ0v) is 15.5. The maximum atomic E-state index is 12.2. The van der Waals surface area contributed by atoms with Crippen LogP contribution in [0.3, 0.4) is 0 Å². The van der Waals surface area contributed by atoms with E-state index in [2.05, 4.69) is 5.32 Å². The van der Waals surface area contributed by atoms with Crippen LogP contribution >= 0.6 is 11.6 Å². The predicted octanol–water partition coefficient (Wildman–Crippen LogP) is 3.39. The number of halogens is 1. The Morgan fingerprint density at radius 2 is 1.69 bits per heavy atom. The van der Waals surface area contributed by atoms with Gasteiger partial charge in [0.2, 0.25) is 0 Å². The van der Waals surface area contributed by atoms with Gasteiger partial charge in [0.1, 0.15) is 24.1 Å². The van der Waals surface area contributed by atoms with E-state index in [0.717, 1.165) is 0 Å². The number of hydrogen-bond acceptors (Lipinski definition) is 5. The van der Waals surface area contributed by atoms with Crippen molar-refractivity contribution in [2.24, 2.45) is 0 Å². The van der Waals surface area contributed by atoms with Crippen molar-refractivity contribution >= 4 is 23.5 Å². The van der Waals surface area contributed by atoms with Crippen molar-refractivity contribution in [2.75, 3.05) is 20.8 Å². The van der Waals surface area contributed by atoms with Gasteiger partial charge in [-0.15, -0.1) is 0 Å². The summed E-state index contributed by atoms with van der Waals surface area (Å²) >= 11 is 6.08. The number of hydrogen-bond donors (Lipinski definition) is 1. The molecule has 0 heterocycles. The molecular formula is C19H20ClNO5. The molecule has 6 nitrogen and oxygen atoms in total. The van der Waals surface area contributed by atoms with E-state index in [9.17, 15) is 9.59 Å². The molecule has 1 amide bonds. The van der Waals surface area contributed by atoms with Crippen molar-refractivity contribution in [3.63, 3.8) is 0 Å². The number of nitrogens with one attached hydrogen (secondary N) is 1. The second-order valence-corrected chi connectivity index (χ2v) is 5.84. The summed E-state index contributed by atoms with van der Waals surface area (Å²) in [6, 6.07) is 11.9. The highest BCUT2D eigenvalue weighted by Crippen LogP contribution is 2.25. The van der Waals surface area contributed by atoms with Gasteiger partial charge in [-0.25, -0.2) is 0 Å². The Morgan fingerprint density at radius 1 is 1.08 bits per heavy atom. The summed E-state index contributed by atoms with van der Waals surface area (Å²) in [6.07, 6.45) is -0.523. The fourth-order valence-corrected chi connectivity index (χ4v) is 2.59. The lowest BCUT2D eigenvalue weighted by atomic mass is 10.1. The van der Waals surface area contributed by atoms with Gasteiger partial charge in [0.15, 0.2) is 0 Å². The Hall–Kier alpha value is -2.73. The van der Waals surface area contributed by atoms with Gasteiger partial charge in [-0.1, -0.05) is 29.8 Å². The second-order valence-electron chi connectivity index (χ2n) is 5.44. The second kappa shape index (κ2) is 9.10. The summed E-state index contributed by atoms with van der Waals surface area (Å²) < 4.78 is 15.5. The molecule has 0 radical (unpaired) electrons. The topological polar surface area (TPSA) is 73.9 Å². The molecule has 0 spiro atoms. The number of carbonyl (C=O) groups is 2. The molecule has 0 aliphatic heterocycles. The van der Waals surface area contributed by atoms with Crippen LogP contribution in [0.25, 0.3) is 0 Å². The lowest BCUT2D eigenvalue weighted by molar-refractivity contribution is -0.147. The van der Waals surface area contributed by atoms with E-state index in [0.29, 0.717) is 27.6 Å². The van der Waals surface area contributed by atoms with Gasteiger partial charge in [-0.05, 0) is 25.1 Å². The van der Waals surface area contributed by atoms with E-state index in [1.165, 1.54) is 14.2 Å². The maximum Gasteiger partial charge on any atom is 0.326 e. The molecular weight excluding hydrogens is 358 g/mol. The summed E-state index contributed by atoms with van der Waals surface area (Å²) in [6.45, 7) is 1.45. The third-order valence-electron chi connectivity index (χ3n) is 3.66. The molecule has 0 aliphatic carbocycles. The standard InChI is InChI=1S/C19H20ClNO5/c1-12(16-6-4-5-7-17(16)20)26-18(22)11-21-19(23)13-8-14(24-2)10-15(9-13)25-3/h4-10,12H,11H2,1-3H3,(H,21,23)/t12-/m0/s1. The van der Waals surface area contributed by atoms with Gasteiger partial charge < -0.3 is 19.5 Å². The summed E-state index contributed by atoms with van der Waals surface area (Å²) in [4.78, 5) is 24.2. The SMILES string of the molecule is COc1cc(OC)cc(C(=O)NCC(=O)O[C@@H](C)c2ccccc2Cl)c1. The number of methoxy groups -OCH3 is 2. The smallest absolute Gasteiger partial charge is 0.326 e. The van der Waals surface area contributed by atoms with Gasteiger partial charge in [0.25, 0.3) is 5.91 Å². The van der Waals surface area contributed by atoms with E-state index in [4.69, 9.17) is 25.8 Å². The van der Waals surface area contributed by atoms with E-state index in [1.807, 2.05) is 6.07 Å². The average molecular weight is 378 g/mol. The first-order valence-corrected chi connectivity index (χ1v) is 8.27. The number of amides is 1. The first kappa shape index (κ1) is 19.6. The van der Waals surface area contributed by atoms with Crippen molar-refractivity contribution in [3.05, 3.63) is 58.6 Å². The summed E-state index contributed by atoms with van der Waals surface area (Å²) in [5.74, 6) is -0.0565. The Labute approximate surface area is 157 Å². The third-order valence-corrected chi connectivity index (χ3v) is 4.00. The minimum Gasteiger partial charge on any atom is -0.497 e. The molecule has 2 aromatic rings. The predicted molar refractivity (Wildman–Crippen MR) is 97.8 cm³/mol. The summed E-state index contributed by atoms with van der Waals surface area (Å²) in [7, 11) is 2.98. The van der Waals surface area contributed by atoms with Crippen LogP contribution in [0.15, 0.2) is 42.5 Å². The monoisotopic (exact) mass is 377 g/mol. The van der Waals surface area contributed by atoms with Crippen LogP contribution in [0.4, 0.5) is 0 Å². The average Bonchev–Trinajstić information content (AvgIpc) is 2.65. The minimum atomic E-state index is -0.569. The third kappa shape index (κ3) is 5.13. The number of carbonyl (C=O) groups excluding carboxylic acids is 2. The quantitative estimate of drug-likeness (QED) is 0.748. The van der Waals surface area contributed by atoms with Gasteiger partial charge in [-0.3, -0.25) is 9.59 Å². The molecule has 0 aromatic heterocycles. The molecule has 0 bridgehead atoms. The van der Waals surface area contributed by atoms with Gasteiger partial charge in [-0.2, -0.15) is 0 Å². The Bertz CT molecular complexity index is 771. The van der Waals surface area contributed by atoms with Crippen LogP contribution in [-0.2, 0) is 9.53 Å². The van der Waals surface area contributed by atoms with Crippen molar-refractivity contribution in [2.45, 2.75) is 13.0 Å². The largest absolute Gasteiger partial charge is 0.497 e. The molecule has 0 fully saturated rings. The molecule has 0 unspecified atom stereocenters. The number of rotatable bonds is 7. The normalized spacial score (nSPS) is 11.4. The number of esters is 1. The zero-order chi connectivity index (χ0) is 19.1. The molecule has 2 aromatic carbocycles. The van der Waals surface area contributed by atoms with Gasteiger partial charge in [0.05, 0.1) is 14.2 Å². The fourth-order valence-electron chi connectivity index (χ4n) is 2.30.